The fourth-order valence-corrected chi connectivity index (χ4v) is 10.2. The SMILES string of the molecule is CSc1sc(C(=N)N)cc1S(=O)(=NS(=O)(=O)c1cccc(-c2nnc(C)o2)c1)c1cccc(Br)c1. The van der Waals surface area contributed by atoms with Crippen LogP contribution in [-0.2, 0) is 19.8 Å². The van der Waals surface area contributed by atoms with Crippen LogP contribution in [0.2, 0.25) is 0 Å². The van der Waals surface area contributed by atoms with Crippen molar-refractivity contribution in [3.05, 3.63) is 69.8 Å². The Morgan fingerprint density at radius 3 is 2.46 bits per heavy atom. The smallest absolute Gasteiger partial charge is 0.290 e. The summed E-state index contributed by atoms with van der Waals surface area (Å²) in [7, 11) is -8.14. The summed E-state index contributed by atoms with van der Waals surface area (Å²) in [4.78, 5) is 0.572. The van der Waals surface area contributed by atoms with E-state index < -0.39 is 19.8 Å². The van der Waals surface area contributed by atoms with Gasteiger partial charge in [0.05, 0.1) is 23.8 Å². The van der Waals surface area contributed by atoms with Crippen LogP contribution >= 0.6 is 39.0 Å². The van der Waals surface area contributed by atoms with Crippen molar-refractivity contribution in [1.29, 1.82) is 5.41 Å². The van der Waals surface area contributed by atoms with Gasteiger partial charge in [0.1, 0.15) is 15.6 Å². The topological polar surface area (TPSA) is 152 Å². The second kappa shape index (κ2) is 9.85. The van der Waals surface area contributed by atoms with E-state index in [0.717, 1.165) is 11.3 Å². The Hall–Kier alpha value is -2.52. The number of aromatic nitrogens is 2. The average molecular weight is 613 g/mol. The molecule has 0 saturated carbocycles. The highest BCUT2D eigenvalue weighted by molar-refractivity contribution is 9.10. The molecule has 182 valence electrons. The molecular weight excluding hydrogens is 594 g/mol. The van der Waals surface area contributed by atoms with Crippen LogP contribution in [0.1, 0.15) is 10.8 Å². The summed E-state index contributed by atoms with van der Waals surface area (Å²) in [5, 5.41) is 15.5. The van der Waals surface area contributed by atoms with Gasteiger partial charge < -0.3 is 10.2 Å². The van der Waals surface area contributed by atoms with E-state index in [0.29, 0.717) is 25.0 Å². The van der Waals surface area contributed by atoms with Crippen LogP contribution in [-0.4, -0.2) is 34.9 Å². The van der Waals surface area contributed by atoms with Gasteiger partial charge in [-0.2, -0.15) is 8.42 Å². The number of nitrogens with two attached hydrogens (primary N) is 1. The molecule has 2 heterocycles. The van der Waals surface area contributed by atoms with E-state index in [1.165, 1.54) is 36.0 Å². The summed E-state index contributed by atoms with van der Waals surface area (Å²) in [5.74, 6) is 0.276. The quantitative estimate of drug-likeness (QED) is 0.165. The highest BCUT2D eigenvalue weighted by Crippen LogP contribution is 2.39. The molecule has 0 aliphatic heterocycles. The molecule has 3 N–H and O–H groups in total. The molecule has 2 aromatic heterocycles. The van der Waals surface area contributed by atoms with Gasteiger partial charge >= 0.3 is 0 Å². The predicted octanol–water partition coefficient (Wildman–Crippen LogP) is 5.15. The van der Waals surface area contributed by atoms with Crippen LogP contribution in [0.5, 0.6) is 0 Å². The number of sulfonamides is 1. The number of nitrogens with one attached hydrogen (secondary N) is 1. The summed E-state index contributed by atoms with van der Waals surface area (Å²) in [6.45, 7) is 1.62. The standard InChI is InChI=1S/C21H18BrN5O4S4/c1-12-25-26-20(31-12)13-5-3-8-16(9-13)35(29,30)27-34(28,15-7-4-6-14(22)10-15)18-11-17(19(23)24)33-21(18)32-2/h3-11H,1-2H3,(H3,23,24). The largest absolute Gasteiger partial charge is 0.421 e. The van der Waals surface area contributed by atoms with Gasteiger partial charge in [-0.1, -0.05) is 31.8 Å². The van der Waals surface area contributed by atoms with E-state index in [2.05, 4.69) is 29.9 Å². The number of thiophene rings is 1. The molecule has 1 unspecified atom stereocenters. The normalized spacial score (nSPS) is 13.3. The lowest BCUT2D eigenvalue weighted by molar-refractivity contribution is 0.532. The molecule has 1 atom stereocenters. The van der Waals surface area contributed by atoms with Crippen molar-refractivity contribution in [3.63, 3.8) is 0 Å². The summed E-state index contributed by atoms with van der Waals surface area (Å²) >= 11 is 5.79. The zero-order valence-electron chi connectivity index (χ0n) is 18.3. The van der Waals surface area contributed by atoms with Gasteiger partial charge in [0.15, 0.2) is 0 Å². The van der Waals surface area contributed by atoms with Crippen molar-refractivity contribution < 1.29 is 17.0 Å². The maximum atomic E-state index is 14.6. The average Bonchev–Trinajstić information content (AvgIpc) is 3.46. The van der Waals surface area contributed by atoms with Crippen LogP contribution in [0.4, 0.5) is 0 Å². The lowest BCUT2D eigenvalue weighted by Gasteiger charge is -2.12. The molecule has 0 saturated heterocycles. The molecule has 4 aromatic rings. The Morgan fingerprint density at radius 2 is 1.83 bits per heavy atom. The van der Waals surface area contributed by atoms with Gasteiger partial charge in [0.2, 0.25) is 11.8 Å². The van der Waals surface area contributed by atoms with E-state index in [1.807, 2.05) is 0 Å². The number of aryl methyl sites for hydroxylation is 1. The van der Waals surface area contributed by atoms with Crippen LogP contribution < -0.4 is 5.73 Å². The Morgan fingerprint density at radius 1 is 1.11 bits per heavy atom. The number of hydrogen-bond acceptors (Lipinski definition) is 9. The number of nitrogens with zero attached hydrogens (tertiary/aromatic N) is 3. The molecule has 14 heteroatoms. The summed E-state index contributed by atoms with van der Waals surface area (Å²) < 4.78 is 52.2. The first kappa shape index (κ1) is 25.6. The van der Waals surface area contributed by atoms with Gasteiger partial charge in [-0.05, 0) is 48.7 Å². The lowest BCUT2D eigenvalue weighted by atomic mass is 10.2. The van der Waals surface area contributed by atoms with Crippen molar-refractivity contribution in [2.75, 3.05) is 6.26 Å². The second-order valence-electron chi connectivity index (χ2n) is 7.07. The van der Waals surface area contributed by atoms with E-state index in [9.17, 15) is 12.6 Å². The van der Waals surface area contributed by atoms with Crippen molar-refractivity contribution in [2.45, 2.75) is 25.8 Å². The van der Waals surface area contributed by atoms with Gasteiger partial charge in [0.25, 0.3) is 10.0 Å². The van der Waals surface area contributed by atoms with E-state index in [4.69, 9.17) is 15.6 Å². The predicted molar refractivity (Wildman–Crippen MR) is 140 cm³/mol. The van der Waals surface area contributed by atoms with Gasteiger partial charge in [-0.3, -0.25) is 5.41 Å². The Labute approximate surface area is 219 Å². The third-order valence-corrected chi connectivity index (χ3v) is 12.0. The molecule has 0 radical (unpaired) electrons. The summed E-state index contributed by atoms with van der Waals surface area (Å²) in [5.41, 5.74) is 6.05. The minimum atomic E-state index is -4.43. The van der Waals surface area contributed by atoms with E-state index >= 15 is 0 Å². The Balaban J connectivity index is 1.97. The van der Waals surface area contributed by atoms with Gasteiger partial charge in [0, 0.05) is 17.0 Å². The molecule has 0 amide bonds. The molecular formula is C21H18BrN5O4S4. The number of hydrogen-bond donors (Lipinski definition) is 2. The third-order valence-electron chi connectivity index (χ3n) is 4.64. The minimum absolute atomic E-state index is 0.154. The Bertz CT molecular complexity index is 1670. The second-order valence-corrected chi connectivity index (χ2v) is 14.1. The van der Waals surface area contributed by atoms with Crippen LogP contribution in [0.25, 0.3) is 11.5 Å². The fraction of sp³-hybridized carbons (Fsp3) is 0.0952. The Kier molecular flexibility index (Phi) is 7.20. The van der Waals surface area contributed by atoms with Crippen molar-refractivity contribution >= 4 is 64.6 Å². The summed E-state index contributed by atoms with van der Waals surface area (Å²) in [6, 6.07) is 13.8. The van der Waals surface area contributed by atoms with Crippen molar-refractivity contribution in [1.82, 2.24) is 10.2 Å². The first-order chi connectivity index (χ1) is 16.5. The molecule has 9 nitrogen and oxygen atoms in total. The molecule has 0 fully saturated rings. The maximum absolute atomic E-state index is 14.6. The van der Waals surface area contributed by atoms with Gasteiger partial charge in [-0.15, -0.1) is 33.3 Å². The van der Waals surface area contributed by atoms with Crippen LogP contribution in [0.3, 0.4) is 0 Å². The highest BCUT2D eigenvalue weighted by Gasteiger charge is 2.28. The van der Waals surface area contributed by atoms with E-state index in [1.54, 1.807) is 43.5 Å². The van der Waals surface area contributed by atoms with Crippen LogP contribution in [0, 0.1) is 12.3 Å². The third kappa shape index (κ3) is 5.21. The number of halogens is 1. The van der Waals surface area contributed by atoms with Crippen LogP contribution in [0.15, 0.2) is 86.2 Å². The van der Waals surface area contributed by atoms with Crippen molar-refractivity contribution in [3.8, 4) is 11.5 Å². The molecule has 0 aliphatic rings. The van der Waals surface area contributed by atoms with Crippen molar-refractivity contribution in [2.24, 2.45) is 9.50 Å². The summed E-state index contributed by atoms with van der Waals surface area (Å²) in [6.07, 6.45) is 1.77. The molecule has 35 heavy (non-hydrogen) atoms. The highest BCUT2D eigenvalue weighted by atomic mass is 79.9. The number of benzene rings is 2. The lowest BCUT2D eigenvalue weighted by Crippen LogP contribution is -2.10. The molecule has 0 spiro atoms. The van der Waals surface area contributed by atoms with E-state index in [-0.39, 0.29) is 26.4 Å². The maximum Gasteiger partial charge on any atom is 0.290 e. The number of rotatable bonds is 7. The minimum Gasteiger partial charge on any atom is -0.421 e. The number of thioether (sulfide) groups is 1. The first-order valence-electron chi connectivity index (χ1n) is 9.75. The zero-order valence-corrected chi connectivity index (χ0v) is 23.1. The van der Waals surface area contributed by atoms with Gasteiger partial charge in [-0.25, -0.2) is 4.21 Å². The number of amidine groups is 1. The zero-order chi connectivity index (χ0) is 25.4. The molecule has 0 bridgehead atoms. The monoisotopic (exact) mass is 611 g/mol. The number of nitrogen functional groups attached to an aromatic ring is 1. The molecule has 0 aliphatic carbocycles. The first-order valence-corrected chi connectivity index (χ1v) is 15.5. The fourth-order valence-electron chi connectivity index (χ4n) is 3.06. The molecule has 4 rings (SSSR count). The molecule has 2 aromatic carbocycles.